The van der Waals surface area contributed by atoms with Crippen LogP contribution in [0.2, 0.25) is 0 Å². The van der Waals surface area contributed by atoms with E-state index >= 15 is 0 Å². The molecule has 0 aliphatic heterocycles. The summed E-state index contributed by atoms with van der Waals surface area (Å²) in [6, 6.07) is 10.9. The van der Waals surface area contributed by atoms with Crippen LogP contribution >= 0.6 is 0 Å². The van der Waals surface area contributed by atoms with Crippen LogP contribution in [0.1, 0.15) is 33.3 Å². The van der Waals surface area contributed by atoms with E-state index in [4.69, 9.17) is 5.73 Å². The van der Waals surface area contributed by atoms with Crippen molar-refractivity contribution in [2.45, 2.75) is 39.7 Å². The number of nitrogens with two attached hydrogens (primary N) is 1. The largest absolute Gasteiger partial charge is 0.347 e. The third-order valence-corrected chi connectivity index (χ3v) is 4.70. The van der Waals surface area contributed by atoms with E-state index < -0.39 is 0 Å². The lowest BCUT2D eigenvalue weighted by Crippen LogP contribution is -2.27. The first-order valence-corrected chi connectivity index (χ1v) is 8.66. The van der Waals surface area contributed by atoms with Gasteiger partial charge in [-0.1, -0.05) is 39.8 Å². The molecule has 0 unspecified atom stereocenters. The molecule has 0 amide bonds. The summed E-state index contributed by atoms with van der Waals surface area (Å²) in [6.07, 6.45) is 5.99. The van der Waals surface area contributed by atoms with E-state index in [1.165, 1.54) is 27.6 Å². The number of aromatic nitrogens is 2. The Hall–Kier alpha value is -2.13. The molecule has 3 nitrogen and oxygen atoms in total. The van der Waals surface area contributed by atoms with Crippen molar-refractivity contribution in [1.82, 2.24) is 9.55 Å². The molecular formula is C21H27N3. The molecule has 3 aromatic rings. The summed E-state index contributed by atoms with van der Waals surface area (Å²) in [5.41, 5.74) is 11.1. The average Bonchev–Trinajstić information content (AvgIpc) is 2.94. The maximum absolute atomic E-state index is 6.04. The fourth-order valence-electron chi connectivity index (χ4n) is 3.21. The van der Waals surface area contributed by atoms with Crippen molar-refractivity contribution in [3.05, 3.63) is 54.5 Å². The molecule has 1 aromatic carbocycles. The molecule has 3 rings (SSSR count). The van der Waals surface area contributed by atoms with Gasteiger partial charge in [0.1, 0.15) is 0 Å². The first-order valence-electron chi connectivity index (χ1n) is 8.66. The van der Waals surface area contributed by atoms with Crippen LogP contribution in [0.25, 0.3) is 22.0 Å². The molecule has 126 valence electrons. The number of rotatable bonds is 5. The van der Waals surface area contributed by atoms with Crippen molar-refractivity contribution in [1.29, 1.82) is 0 Å². The zero-order valence-electron chi connectivity index (χ0n) is 15.1. The Morgan fingerprint density at radius 3 is 2.42 bits per heavy atom. The van der Waals surface area contributed by atoms with Gasteiger partial charge in [-0.25, -0.2) is 0 Å². The second-order valence-electron chi connectivity index (χ2n) is 7.64. The van der Waals surface area contributed by atoms with E-state index in [2.05, 4.69) is 73.8 Å². The average molecular weight is 321 g/mol. The number of hydrogen-bond acceptors (Lipinski definition) is 2. The van der Waals surface area contributed by atoms with E-state index in [9.17, 15) is 0 Å². The van der Waals surface area contributed by atoms with Crippen LogP contribution in [0, 0.1) is 5.92 Å². The lowest BCUT2D eigenvalue weighted by molar-refractivity contribution is 0.518. The molecule has 0 aliphatic carbocycles. The van der Waals surface area contributed by atoms with E-state index in [1.807, 2.05) is 12.4 Å². The molecular weight excluding hydrogens is 294 g/mol. The first-order chi connectivity index (χ1) is 11.4. The highest BCUT2D eigenvalue weighted by atomic mass is 15.0. The van der Waals surface area contributed by atoms with Crippen LogP contribution in [-0.4, -0.2) is 16.1 Å². The SMILES string of the molecule is CC(C)Cn1cc(C(C)(C)CN)c2ccc(-c3ccncc3)cc21. The fraction of sp³-hybridized carbons (Fsp3) is 0.381. The molecule has 0 fully saturated rings. The Bertz CT molecular complexity index is 829. The Labute approximate surface area is 144 Å². The minimum absolute atomic E-state index is 0.0291. The number of pyridine rings is 1. The van der Waals surface area contributed by atoms with Gasteiger partial charge in [0.15, 0.2) is 0 Å². The maximum atomic E-state index is 6.04. The maximum Gasteiger partial charge on any atom is 0.0489 e. The van der Waals surface area contributed by atoms with Crippen LogP contribution in [0.15, 0.2) is 48.9 Å². The van der Waals surface area contributed by atoms with Crippen LogP contribution in [0.5, 0.6) is 0 Å². The Balaban J connectivity index is 2.20. The molecule has 24 heavy (non-hydrogen) atoms. The van der Waals surface area contributed by atoms with E-state index in [1.54, 1.807) is 0 Å². The Morgan fingerprint density at radius 1 is 1.08 bits per heavy atom. The van der Waals surface area contributed by atoms with Crippen molar-refractivity contribution in [2.75, 3.05) is 6.54 Å². The van der Waals surface area contributed by atoms with Gasteiger partial charge in [0.2, 0.25) is 0 Å². The van der Waals surface area contributed by atoms with E-state index in [0.717, 1.165) is 6.54 Å². The summed E-state index contributed by atoms with van der Waals surface area (Å²) in [5, 5.41) is 1.31. The zero-order valence-corrected chi connectivity index (χ0v) is 15.1. The smallest absolute Gasteiger partial charge is 0.0489 e. The molecule has 2 heterocycles. The summed E-state index contributed by atoms with van der Waals surface area (Å²) >= 11 is 0. The second-order valence-corrected chi connectivity index (χ2v) is 7.64. The van der Waals surface area contributed by atoms with Crippen molar-refractivity contribution in [3.8, 4) is 11.1 Å². The lowest BCUT2D eigenvalue weighted by Gasteiger charge is -2.22. The summed E-state index contributed by atoms with van der Waals surface area (Å²) < 4.78 is 2.39. The molecule has 2 N–H and O–H groups in total. The van der Waals surface area contributed by atoms with Gasteiger partial charge in [0.05, 0.1) is 0 Å². The number of benzene rings is 1. The highest BCUT2D eigenvalue weighted by Crippen LogP contribution is 2.34. The van der Waals surface area contributed by atoms with Crippen molar-refractivity contribution < 1.29 is 0 Å². The normalized spacial score (nSPS) is 12.2. The number of hydrogen-bond donors (Lipinski definition) is 1. The number of fused-ring (bicyclic) bond motifs is 1. The minimum Gasteiger partial charge on any atom is -0.347 e. The molecule has 0 aliphatic rings. The van der Waals surface area contributed by atoms with E-state index in [0.29, 0.717) is 12.5 Å². The summed E-state index contributed by atoms with van der Waals surface area (Å²) in [4.78, 5) is 4.12. The van der Waals surface area contributed by atoms with E-state index in [-0.39, 0.29) is 5.41 Å². The van der Waals surface area contributed by atoms with Crippen LogP contribution in [0.3, 0.4) is 0 Å². The minimum atomic E-state index is -0.0291. The lowest BCUT2D eigenvalue weighted by atomic mass is 9.84. The summed E-state index contributed by atoms with van der Waals surface area (Å²) in [6.45, 7) is 10.6. The summed E-state index contributed by atoms with van der Waals surface area (Å²) in [7, 11) is 0. The third kappa shape index (κ3) is 3.09. The van der Waals surface area contributed by atoms with Gasteiger partial charge >= 0.3 is 0 Å². The monoisotopic (exact) mass is 321 g/mol. The van der Waals surface area contributed by atoms with Crippen molar-refractivity contribution >= 4 is 10.9 Å². The van der Waals surface area contributed by atoms with Gasteiger partial charge < -0.3 is 10.3 Å². The molecule has 3 heteroatoms. The standard InChI is InChI=1S/C21H27N3/c1-15(2)12-24-13-19(21(3,4)14-22)18-6-5-17(11-20(18)24)16-7-9-23-10-8-16/h5-11,13,15H,12,14,22H2,1-4H3. The summed E-state index contributed by atoms with van der Waals surface area (Å²) in [5.74, 6) is 0.596. The molecule has 0 bridgehead atoms. The predicted molar refractivity (Wildman–Crippen MR) is 102 cm³/mol. The topological polar surface area (TPSA) is 43.8 Å². The Kier molecular flexibility index (Phi) is 4.46. The molecule has 0 saturated heterocycles. The van der Waals surface area contributed by atoms with Gasteiger partial charge in [-0.3, -0.25) is 4.98 Å². The molecule has 0 spiro atoms. The predicted octanol–water partition coefficient (Wildman–Crippen LogP) is 4.60. The fourth-order valence-corrected chi connectivity index (χ4v) is 3.21. The van der Waals surface area contributed by atoms with Gasteiger partial charge in [0, 0.05) is 48.0 Å². The van der Waals surface area contributed by atoms with Crippen LogP contribution < -0.4 is 5.73 Å². The highest BCUT2D eigenvalue weighted by Gasteiger charge is 2.24. The third-order valence-electron chi connectivity index (χ3n) is 4.70. The van der Waals surface area contributed by atoms with Crippen LogP contribution in [-0.2, 0) is 12.0 Å². The Morgan fingerprint density at radius 2 is 1.79 bits per heavy atom. The van der Waals surface area contributed by atoms with Crippen molar-refractivity contribution in [2.24, 2.45) is 11.7 Å². The number of nitrogens with zero attached hydrogens (tertiary/aromatic N) is 2. The highest BCUT2D eigenvalue weighted by molar-refractivity contribution is 5.89. The molecule has 0 atom stereocenters. The van der Waals surface area contributed by atoms with Gasteiger partial charge in [-0.2, -0.15) is 0 Å². The van der Waals surface area contributed by atoms with Gasteiger partial charge in [-0.05, 0) is 40.8 Å². The zero-order chi connectivity index (χ0) is 17.3. The van der Waals surface area contributed by atoms with Crippen LogP contribution in [0.4, 0.5) is 0 Å². The second kappa shape index (κ2) is 6.40. The molecule has 2 aromatic heterocycles. The van der Waals surface area contributed by atoms with Crippen molar-refractivity contribution in [3.63, 3.8) is 0 Å². The molecule has 0 saturated carbocycles. The van der Waals surface area contributed by atoms with Gasteiger partial charge in [0.25, 0.3) is 0 Å². The molecule has 0 radical (unpaired) electrons. The van der Waals surface area contributed by atoms with Gasteiger partial charge in [-0.15, -0.1) is 0 Å². The first kappa shape index (κ1) is 16.7. The quantitative estimate of drug-likeness (QED) is 0.746.